The summed E-state index contributed by atoms with van der Waals surface area (Å²) in [6.07, 6.45) is 3.72. The summed E-state index contributed by atoms with van der Waals surface area (Å²) < 4.78 is 1.34. The Morgan fingerprint density at radius 2 is 2.22 bits per heavy atom. The van der Waals surface area contributed by atoms with Crippen molar-refractivity contribution in [3.63, 3.8) is 0 Å². The second-order valence-electron chi connectivity index (χ2n) is 3.40. The first-order valence-corrected chi connectivity index (χ1v) is 5.09. The molecule has 0 bridgehead atoms. The standard InChI is InChI=1S/C12H11N3O2.H2O/c1-2-6-13-11-9(8-16)12(17)15-7-4-3-5-10(15)14-11;/h2-5,7-8,13H,1,6H2;1H2. The molecule has 0 unspecified atom stereocenters. The maximum absolute atomic E-state index is 12.0. The summed E-state index contributed by atoms with van der Waals surface area (Å²) in [6.45, 7) is 3.99. The first-order valence-electron chi connectivity index (χ1n) is 5.09. The number of hydrogen-bond acceptors (Lipinski definition) is 4. The van der Waals surface area contributed by atoms with Gasteiger partial charge in [0.25, 0.3) is 5.56 Å². The Balaban J connectivity index is 0.00000162. The van der Waals surface area contributed by atoms with Crippen LogP contribution in [0.1, 0.15) is 10.4 Å². The van der Waals surface area contributed by atoms with Crippen LogP contribution in [0.3, 0.4) is 0 Å². The van der Waals surface area contributed by atoms with Crippen LogP contribution in [0, 0.1) is 0 Å². The Morgan fingerprint density at radius 3 is 2.89 bits per heavy atom. The number of nitrogens with zero attached hydrogens (tertiary/aromatic N) is 2. The predicted molar refractivity (Wildman–Crippen MR) is 69.2 cm³/mol. The molecule has 6 nitrogen and oxygen atoms in total. The van der Waals surface area contributed by atoms with Gasteiger partial charge in [-0.2, -0.15) is 0 Å². The summed E-state index contributed by atoms with van der Waals surface area (Å²) in [6, 6.07) is 5.19. The minimum atomic E-state index is -0.378. The van der Waals surface area contributed by atoms with Crippen molar-refractivity contribution in [1.29, 1.82) is 0 Å². The Kier molecular flexibility index (Phi) is 4.33. The van der Waals surface area contributed by atoms with Gasteiger partial charge in [0, 0.05) is 12.7 Å². The molecule has 3 N–H and O–H groups in total. The Morgan fingerprint density at radius 1 is 1.44 bits per heavy atom. The van der Waals surface area contributed by atoms with Crippen molar-refractivity contribution in [2.24, 2.45) is 0 Å². The van der Waals surface area contributed by atoms with E-state index in [0.717, 1.165) is 0 Å². The van der Waals surface area contributed by atoms with Gasteiger partial charge in [-0.1, -0.05) is 12.1 Å². The molecule has 0 aliphatic rings. The molecule has 0 saturated carbocycles. The second-order valence-corrected chi connectivity index (χ2v) is 3.40. The van der Waals surface area contributed by atoms with Gasteiger partial charge in [0.15, 0.2) is 6.29 Å². The van der Waals surface area contributed by atoms with Crippen LogP contribution in [0.5, 0.6) is 0 Å². The zero-order valence-corrected chi connectivity index (χ0v) is 9.59. The van der Waals surface area contributed by atoms with E-state index in [9.17, 15) is 9.59 Å². The van der Waals surface area contributed by atoms with Crippen molar-refractivity contribution in [3.8, 4) is 0 Å². The van der Waals surface area contributed by atoms with Crippen molar-refractivity contribution >= 4 is 17.8 Å². The SMILES string of the molecule is C=CCNc1nc2ccccn2c(=O)c1C=O.O. The van der Waals surface area contributed by atoms with Crippen LogP contribution in [-0.2, 0) is 0 Å². The number of hydrogen-bond donors (Lipinski definition) is 1. The molecule has 2 aromatic heterocycles. The molecule has 0 radical (unpaired) electrons. The largest absolute Gasteiger partial charge is 0.412 e. The van der Waals surface area contributed by atoms with Gasteiger partial charge >= 0.3 is 0 Å². The number of rotatable bonds is 4. The molecule has 0 fully saturated rings. The highest BCUT2D eigenvalue weighted by Gasteiger charge is 2.10. The van der Waals surface area contributed by atoms with Gasteiger partial charge in [0.2, 0.25) is 0 Å². The van der Waals surface area contributed by atoms with E-state index in [1.807, 2.05) is 0 Å². The van der Waals surface area contributed by atoms with E-state index >= 15 is 0 Å². The molecule has 2 rings (SSSR count). The minimum Gasteiger partial charge on any atom is -0.412 e. The summed E-state index contributed by atoms with van der Waals surface area (Å²) in [5.74, 6) is 0.288. The lowest BCUT2D eigenvalue weighted by molar-refractivity contribution is 0.112. The predicted octanol–water partition coefficient (Wildman–Crippen LogP) is 0.280. The third-order valence-electron chi connectivity index (χ3n) is 2.30. The summed E-state index contributed by atoms with van der Waals surface area (Å²) >= 11 is 0. The summed E-state index contributed by atoms with van der Waals surface area (Å²) in [7, 11) is 0. The van der Waals surface area contributed by atoms with Crippen molar-refractivity contribution in [2.45, 2.75) is 0 Å². The van der Waals surface area contributed by atoms with Gasteiger partial charge in [0.1, 0.15) is 17.0 Å². The van der Waals surface area contributed by atoms with Crippen LogP contribution in [-0.4, -0.2) is 27.7 Å². The van der Waals surface area contributed by atoms with E-state index in [0.29, 0.717) is 18.5 Å². The normalized spacial score (nSPS) is 9.56. The zero-order chi connectivity index (χ0) is 12.3. The maximum Gasteiger partial charge on any atom is 0.270 e. The molecule has 6 heteroatoms. The number of fused-ring (bicyclic) bond motifs is 1. The van der Waals surface area contributed by atoms with Crippen LogP contribution >= 0.6 is 0 Å². The minimum absolute atomic E-state index is 0. The monoisotopic (exact) mass is 247 g/mol. The fourth-order valence-corrected chi connectivity index (χ4v) is 1.51. The number of aromatic nitrogens is 2. The molecule has 0 aliphatic carbocycles. The highest BCUT2D eigenvalue weighted by atomic mass is 16.1. The summed E-state index contributed by atoms with van der Waals surface area (Å²) in [5.41, 5.74) is 0.141. The molecule has 2 aromatic rings. The lowest BCUT2D eigenvalue weighted by atomic mass is 10.3. The highest BCUT2D eigenvalue weighted by Crippen LogP contribution is 2.08. The molecule has 0 aromatic carbocycles. The molecule has 2 heterocycles. The first kappa shape index (κ1) is 13.6. The van der Waals surface area contributed by atoms with E-state index in [1.54, 1.807) is 30.5 Å². The lowest BCUT2D eigenvalue weighted by Crippen LogP contribution is -2.22. The molecular formula is C12H13N3O3. The van der Waals surface area contributed by atoms with E-state index in [4.69, 9.17) is 0 Å². The second kappa shape index (κ2) is 5.74. The maximum atomic E-state index is 12.0. The van der Waals surface area contributed by atoms with E-state index in [1.165, 1.54) is 4.40 Å². The zero-order valence-electron chi connectivity index (χ0n) is 9.59. The van der Waals surface area contributed by atoms with Gasteiger partial charge in [-0.25, -0.2) is 4.98 Å². The van der Waals surface area contributed by atoms with Gasteiger partial charge in [-0.3, -0.25) is 14.0 Å². The van der Waals surface area contributed by atoms with E-state index in [-0.39, 0.29) is 22.4 Å². The number of nitrogens with one attached hydrogen (secondary N) is 1. The van der Waals surface area contributed by atoms with E-state index < -0.39 is 0 Å². The number of aldehydes is 1. The Hall–Kier alpha value is -2.47. The van der Waals surface area contributed by atoms with Gasteiger partial charge < -0.3 is 10.8 Å². The Labute approximate surface area is 103 Å². The summed E-state index contributed by atoms with van der Waals surface area (Å²) in [4.78, 5) is 27.1. The smallest absolute Gasteiger partial charge is 0.270 e. The molecule has 0 spiro atoms. The third-order valence-corrected chi connectivity index (χ3v) is 2.30. The van der Waals surface area contributed by atoms with Crippen molar-refractivity contribution < 1.29 is 10.3 Å². The fourth-order valence-electron chi connectivity index (χ4n) is 1.51. The van der Waals surface area contributed by atoms with Gasteiger partial charge in [0.05, 0.1) is 0 Å². The highest BCUT2D eigenvalue weighted by molar-refractivity contribution is 5.82. The van der Waals surface area contributed by atoms with Crippen molar-refractivity contribution in [3.05, 3.63) is 53.0 Å². The van der Waals surface area contributed by atoms with Crippen molar-refractivity contribution in [1.82, 2.24) is 9.38 Å². The number of carbonyl (C=O) groups is 1. The van der Waals surface area contributed by atoms with Crippen LogP contribution < -0.4 is 10.9 Å². The number of carbonyl (C=O) groups excluding carboxylic acids is 1. The lowest BCUT2D eigenvalue weighted by Gasteiger charge is -2.07. The molecule has 0 aliphatic heterocycles. The molecule has 0 saturated heterocycles. The summed E-state index contributed by atoms with van der Waals surface area (Å²) in [5, 5.41) is 2.87. The molecular weight excluding hydrogens is 234 g/mol. The fraction of sp³-hybridized carbons (Fsp3) is 0.0833. The third kappa shape index (κ3) is 2.28. The number of anilines is 1. The first-order chi connectivity index (χ1) is 8.27. The van der Waals surface area contributed by atoms with Crippen LogP contribution in [0.4, 0.5) is 5.82 Å². The molecule has 0 amide bonds. The average Bonchev–Trinajstić information content (AvgIpc) is 2.36. The molecule has 18 heavy (non-hydrogen) atoms. The van der Waals surface area contributed by atoms with Crippen LogP contribution in [0.2, 0.25) is 0 Å². The molecule has 0 atom stereocenters. The van der Waals surface area contributed by atoms with Crippen LogP contribution in [0.25, 0.3) is 5.65 Å². The van der Waals surface area contributed by atoms with Crippen LogP contribution in [0.15, 0.2) is 41.8 Å². The number of pyridine rings is 1. The van der Waals surface area contributed by atoms with Crippen molar-refractivity contribution in [2.75, 3.05) is 11.9 Å². The topological polar surface area (TPSA) is 95.0 Å². The Bertz CT molecular complexity index is 634. The van der Waals surface area contributed by atoms with E-state index in [2.05, 4.69) is 16.9 Å². The van der Waals surface area contributed by atoms with Gasteiger partial charge in [-0.05, 0) is 12.1 Å². The molecule has 94 valence electrons. The average molecular weight is 247 g/mol. The van der Waals surface area contributed by atoms with Gasteiger partial charge in [-0.15, -0.1) is 6.58 Å². The quantitative estimate of drug-likeness (QED) is 0.620.